The van der Waals surface area contributed by atoms with Crippen LogP contribution in [0.5, 0.6) is 0 Å². The van der Waals surface area contributed by atoms with Crippen molar-refractivity contribution in [3.05, 3.63) is 18.0 Å². The molecule has 1 aromatic rings. The Morgan fingerprint density at radius 3 is 2.61 bits per heavy atom. The summed E-state index contributed by atoms with van der Waals surface area (Å²) >= 11 is 0. The van der Waals surface area contributed by atoms with Gasteiger partial charge in [0.25, 0.3) is 0 Å². The van der Waals surface area contributed by atoms with Gasteiger partial charge in [-0.25, -0.2) is 4.79 Å². The number of amides is 1. The first kappa shape index (κ1) is 13.7. The van der Waals surface area contributed by atoms with Crippen LogP contribution in [0.1, 0.15) is 18.5 Å². The van der Waals surface area contributed by atoms with E-state index >= 15 is 0 Å². The molecule has 0 aliphatic rings. The lowest BCUT2D eigenvalue weighted by Crippen LogP contribution is -2.41. The lowest BCUT2D eigenvalue weighted by Gasteiger charge is -2.12. The number of nitrogens with zero attached hydrogens (tertiary/aromatic N) is 1. The van der Waals surface area contributed by atoms with Crippen molar-refractivity contribution in [3.63, 3.8) is 0 Å². The Balaban J connectivity index is 2.47. The fraction of sp³-hybridized carbons (Fsp3) is 0.400. The molecule has 1 heterocycles. The van der Waals surface area contributed by atoms with E-state index < -0.39 is 23.9 Å². The van der Waals surface area contributed by atoms with Crippen LogP contribution in [-0.2, 0) is 20.8 Å². The molecule has 18 heavy (non-hydrogen) atoms. The highest BCUT2D eigenvalue weighted by molar-refractivity contribution is 5.84. The van der Waals surface area contributed by atoms with Crippen LogP contribution < -0.4 is 5.32 Å². The monoisotopic (exact) mass is 255 g/mol. The third kappa shape index (κ3) is 4.64. The summed E-state index contributed by atoms with van der Waals surface area (Å²) in [6.07, 6.45) is 0.971. The SMILES string of the molecule is O=C(O)CCC(NC(=O)Cc1ccn[nH]1)C(=O)O. The third-order valence-corrected chi connectivity index (χ3v) is 2.19. The highest BCUT2D eigenvalue weighted by Gasteiger charge is 2.20. The van der Waals surface area contributed by atoms with E-state index in [9.17, 15) is 14.4 Å². The van der Waals surface area contributed by atoms with Gasteiger partial charge < -0.3 is 15.5 Å². The van der Waals surface area contributed by atoms with Gasteiger partial charge in [-0.05, 0) is 12.5 Å². The van der Waals surface area contributed by atoms with Crippen molar-refractivity contribution < 1.29 is 24.6 Å². The van der Waals surface area contributed by atoms with Crippen molar-refractivity contribution in [1.29, 1.82) is 0 Å². The molecule has 4 N–H and O–H groups in total. The molecule has 0 aromatic carbocycles. The van der Waals surface area contributed by atoms with Gasteiger partial charge in [0.05, 0.1) is 6.42 Å². The predicted molar refractivity (Wildman–Crippen MR) is 58.7 cm³/mol. The molecule has 0 radical (unpaired) electrons. The van der Waals surface area contributed by atoms with E-state index in [0.717, 1.165) is 0 Å². The lowest BCUT2D eigenvalue weighted by atomic mass is 10.1. The summed E-state index contributed by atoms with van der Waals surface area (Å²) in [6, 6.07) is 0.392. The number of rotatable bonds is 7. The molecular formula is C10H13N3O5. The van der Waals surface area contributed by atoms with Crippen LogP contribution >= 0.6 is 0 Å². The van der Waals surface area contributed by atoms with E-state index in [-0.39, 0.29) is 19.3 Å². The minimum Gasteiger partial charge on any atom is -0.481 e. The number of hydrogen-bond donors (Lipinski definition) is 4. The van der Waals surface area contributed by atoms with Gasteiger partial charge in [-0.3, -0.25) is 14.7 Å². The number of carbonyl (C=O) groups is 3. The molecule has 0 saturated heterocycles. The van der Waals surface area contributed by atoms with Gasteiger partial charge in [-0.2, -0.15) is 5.10 Å². The second kappa shape index (κ2) is 6.38. The van der Waals surface area contributed by atoms with Crippen molar-refractivity contribution in [2.45, 2.75) is 25.3 Å². The average Bonchev–Trinajstić information content (AvgIpc) is 2.76. The number of carbonyl (C=O) groups excluding carboxylic acids is 1. The van der Waals surface area contributed by atoms with Crippen molar-refractivity contribution >= 4 is 17.8 Å². The van der Waals surface area contributed by atoms with Gasteiger partial charge in [0.2, 0.25) is 5.91 Å². The Morgan fingerprint density at radius 2 is 2.11 bits per heavy atom. The van der Waals surface area contributed by atoms with Gasteiger partial charge in [0.1, 0.15) is 6.04 Å². The Hall–Kier alpha value is -2.38. The smallest absolute Gasteiger partial charge is 0.326 e. The molecule has 8 heteroatoms. The van der Waals surface area contributed by atoms with Crippen LogP contribution in [0.15, 0.2) is 12.3 Å². The van der Waals surface area contributed by atoms with E-state index in [1.165, 1.54) is 6.20 Å². The minimum atomic E-state index is -1.26. The first-order valence-electron chi connectivity index (χ1n) is 5.21. The average molecular weight is 255 g/mol. The topological polar surface area (TPSA) is 132 Å². The maximum absolute atomic E-state index is 11.5. The quantitative estimate of drug-likeness (QED) is 0.513. The Labute approximate surface area is 102 Å². The van der Waals surface area contributed by atoms with Crippen LogP contribution in [-0.4, -0.2) is 44.3 Å². The second-order valence-corrected chi connectivity index (χ2v) is 3.65. The summed E-state index contributed by atoms with van der Waals surface area (Å²) < 4.78 is 0. The second-order valence-electron chi connectivity index (χ2n) is 3.65. The standard InChI is InChI=1S/C10H13N3O5/c14-8(5-6-3-4-11-13-6)12-7(10(17)18)1-2-9(15)16/h3-4,7H,1-2,5H2,(H,11,13)(H,12,14)(H,15,16)(H,17,18). The van der Waals surface area contributed by atoms with Crippen molar-refractivity contribution in [2.75, 3.05) is 0 Å². The number of aromatic amines is 1. The highest BCUT2D eigenvalue weighted by Crippen LogP contribution is 2.00. The molecule has 0 saturated carbocycles. The first-order chi connectivity index (χ1) is 8.49. The number of H-pyrrole nitrogens is 1. The Bertz CT molecular complexity index is 429. The molecule has 1 unspecified atom stereocenters. The summed E-state index contributed by atoms with van der Waals surface area (Å²) in [5.74, 6) is -2.87. The predicted octanol–water partition coefficient (Wildman–Crippen LogP) is -0.614. The summed E-state index contributed by atoms with van der Waals surface area (Å²) in [4.78, 5) is 32.7. The zero-order valence-corrected chi connectivity index (χ0v) is 9.42. The van der Waals surface area contributed by atoms with Crippen molar-refractivity contribution in [3.8, 4) is 0 Å². The molecule has 0 bridgehead atoms. The van der Waals surface area contributed by atoms with Gasteiger partial charge in [-0.1, -0.05) is 0 Å². The first-order valence-corrected chi connectivity index (χ1v) is 5.21. The largest absolute Gasteiger partial charge is 0.481 e. The van der Waals surface area contributed by atoms with E-state index in [0.29, 0.717) is 5.69 Å². The number of carboxylic acid groups (broad SMARTS) is 2. The molecule has 0 aliphatic heterocycles. The maximum atomic E-state index is 11.5. The normalized spacial score (nSPS) is 11.8. The van der Waals surface area contributed by atoms with Crippen LogP contribution in [0.3, 0.4) is 0 Å². The van der Waals surface area contributed by atoms with Crippen molar-refractivity contribution in [1.82, 2.24) is 15.5 Å². The molecule has 1 amide bonds. The van der Waals surface area contributed by atoms with E-state index in [4.69, 9.17) is 10.2 Å². The third-order valence-electron chi connectivity index (χ3n) is 2.19. The molecule has 1 atom stereocenters. The summed E-state index contributed by atoms with van der Waals surface area (Å²) in [5.41, 5.74) is 0.551. The van der Waals surface area contributed by atoms with Crippen LogP contribution in [0.4, 0.5) is 0 Å². The zero-order chi connectivity index (χ0) is 13.5. The van der Waals surface area contributed by atoms with Crippen LogP contribution in [0, 0.1) is 0 Å². The maximum Gasteiger partial charge on any atom is 0.326 e. The minimum absolute atomic E-state index is 0.0309. The molecule has 8 nitrogen and oxygen atoms in total. The molecule has 0 fully saturated rings. The lowest BCUT2D eigenvalue weighted by molar-refractivity contribution is -0.143. The number of carboxylic acids is 2. The van der Waals surface area contributed by atoms with E-state index in [2.05, 4.69) is 15.5 Å². The fourth-order valence-corrected chi connectivity index (χ4v) is 1.33. The highest BCUT2D eigenvalue weighted by atomic mass is 16.4. The van der Waals surface area contributed by atoms with Gasteiger partial charge >= 0.3 is 11.9 Å². The van der Waals surface area contributed by atoms with Gasteiger partial charge in [-0.15, -0.1) is 0 Å². The molecule has 1 aromatic heterocycles. The summed E-state index contributed by atoms with van der Waals surface area (Å²) in [6.45, 7) is 0. The molecule has 98 valence electrons. The fourth-order valence-electron chi connectivity index (χ4n) is 1.33. The van der Waals surface area contributed by atoms with Crippen LogP contribution in [0.2, 0.25) is 0 Å². The molecule has 1 rings (SSSR count). The Morgan fingerprint density at radius 1 is 1.39 bits per heavy atom. The number of hydrogen-bond acceptors (Lipinski definition) is 4. The molecular weight excluding hydrogens is 242 g/mol. The summed E-state index contributed by atoms with van der Waals surface area (Å²) in [5, 5.41) is 25.8. The number of nitrogens with one attached hydrogen (secondary N) is 2. The molecule has 0 aliphatic carbocycles. The zero-order valence-electron chi connectivity index (χ0n) is 9.42. The van der Waals surface area contributed by atoms with E-state index in [1.807, 2.05) is 0 Å². The van der Waals surface area contributed by atoms with Crippen LogP contribution in [0.25, 0.3) is 0 Å². The van der Waals surface area contributed by atoms with Gasteiger partial charge in [0.15, 0.2) is 0 Å². The van der Waals surface area contributed by atoms with Gasteiger partial charge in [0, 0.05) is 18.3 Å². The number of aliphatic carboxylic acids is 2. The Kier molecular flexibility index (Phi) is 4.85. The summed E-state index contributed by atoms with van der Waals surface area (Å²) in [7, 11) is 0. The van der Waals surface area contributed by atoms with E-state index in [1.54, 1.807) is 6.07 Å². The van der Waals surface area contributed by atoms with Crippen molar-refractivity contribution in [2.24, 2.45) is 0 Å². The molecule has 0 spiro atoms. The number of aromatic nitrogens is 2.